The Morgan fingerprint density at radius 1 is 1.29 bits per heavy atom. The smallest absolute Gasteiger partial charge is 0.241 e. The summed E-state index contributed by atoms with van der Waals surface area (Å²) < 4.78 is 28.1. The Balaban J connectivity index is 3.06. The number of nitrogens with zero attached hydrogens (tertiary/aromatic N) is 1. The van der Waals surface area contributed by atoms with Gasteiger partial charge in [0.15, 0.2) is 0 Å². The summed E-state index contributed by atoms with van der Waals surface area (Å²) in [5.74, 6) is 0. The van der Waals surface area contributed by atoms with Crippen LogP contribution < -0.4 is 15.4 Å². The fraction of sp³-hybridized carbons (Fsp3) is 0.571. The van der Waals surface area contributed by atoms with Crippen LogP contribution in [0.5, 0.6) is 0 Å². The van der Waals surface area contributed by atoms with E-state index in [1.54, 1.807) is 12.1 Å². The maximum absolute atomic E-state index is 12.5. The monoisotopic (exact) mass is 377 g/mol. The molecular formula is C14H24BrN3O2S. The summed E-state index contributed by atoms with van der Waals surface area (Å²) in [6.07, 6.45) is 1.43. The lowest BCUT2D eigenvalue weighted by molar-refractivity contribution is 0.391. The van der Waals surface area contributed by atoms with Crippen LogP contribution in [0.15, 0.2) is 27.6 Å². The number of benzene rings is 1. The Labute approximate surface area is 136 Å². The third-order valence-electron chi connectivity index (χ3n) is 3.74. The molecule has 0 bridgehead atoms. The molecule has 0 heterocycles. The molecule has 0 aliphatic carbocycles. The van der Waals surface area contributed by atoms with Gasteiger partial charge in [-0.1, -0.05) is 13.8 Å². The average Bonchev–Trinajstić information content (AvgIpc) is 2.45. The Kier molecular flexibility index (Phi) is 6.22. The number of sulfonamides is 1. The second-order valence-corrected chi connectivity index (χ2v) is 7.99. The van der Waals surface area contributed by atoms with Gasteiger partial charge in [0.2, 0.25) is 10.0 Å². The lowest BCUT2D eigenvalue weighted by Crippen LogP contribution is -2.49. The van der Waals surface area contributed by atoms with Crippen molar-refractivity contribution in [2.75, 3.05) is 25.5 Å². The first-order valence-corrected chi connectivity index (χ1v) is 9.18. The highest BCUT2D eigenvalue weighted by Crippen LogP contribution is 2.26. The molecule has 3 N–H and O–H groups in total. The highest BCUT2D eigenvalue weighted by atomic mass is 79.9. The first-order chi connectivity index (χ1) is 9.65. The molecule has 5 nitrogen and oxygen atoms in total. The summed E-state index contributed by atoms with van der Waals surface area (Å²) in [6, 6.07) is 5.23. The van der Waals surface area contributed by atoms with Crippen LogP contribution in [0.25, 0.3) is 0 Å². The maximum Gasteiger partial charge on any atom is 0.241 e. The fourth-order valence-electron chi connectivity index (χ4n) is 1.79. The van der Waals surface area contributed by atoms with Crippen molar-refractivity contribution in [1.82, 2.24) is 4.72 Å². The number of halogens is 1. The van der Waals surface area contributed by atoms with Crippen molar-refractivity contribution in [3.63, 3.8) is 0 Å². The maximum atomic E-state index is 12.5. The first-order valence-electron chi connectivity index (χ1n) is 6.90. The van der Waals surface area contributed by atoms with E-state index < -0.39 is 15.6 Å². The molecule has 0 saturated carbocycles. The Bertz CT molecular complexity index is 584. The quantitative estimate of drug-likeness (QED) is 0.764. The number of nitrogens with two attached hydrogens (primary N) is 1. The zero-order valence-electron chi connectivity index (χ0n) is 13.0. The summed E-state index contributed by atoms with van der Waals surface area (Å²) >= 11 is 3.30. The highest BCUT2D eigenvalue weighted by Gasteiger charge is 2.25. The molecule has 1 aromatic carbocycles. The van der Waals surface area contributed by atoms with Crippen molar-refractivity contribution < 1.29 is 8.42 Å². The van der Waals surface area contributed by atoms with Crippen LogP contribution in [-0.2, 0) is 10.0 Å². The molecule has 0 aliphatic heterocycles. The summed E-state index contributed by atoms with van der Waals surface area (Å²) in [6.45, 7) is 4.14. The Morgan fingerprint density at radius 3 is 2.33 bits per heavy atom. The van der Waals surface area contributed by atoms with E-state index in [1.165, 1.54) is 0 Å². The molecule has 0 aliphatic rings. The van der Waals surface area contributed by atoms with Gasteiger partial charge in [-0.3, -0.25) is 0 Å². The van der Waals surface area contributed by atoms with Crippen molar-refractivity contribution in [2.45, 2.75) is 37.1 Å². The van der Waals surface area contributed by atoms with E-state index in [1.807, 2.05) is 38.9 Å². The van der Waals surface area contributed by atoms with Crippen LogP contribution in [0.4, 0.5) is 5.69 Å². The van der Waals surface area contributed by atoms with E-state index in [2.05, 4.69) is 20.7 Å². The molecule has 1 rings (SSSR count). The van der Waals surface area contributed by atoms with E-state index in [-0.39, 0.29) is 11.4 Å². The molecule has 0 aromatic heterocycles. The van der Waals surface area contributed by atoms with Crippen molar-refractivity contribution >= 4 is 31.6 Å². The fourth-order valence-corrected chi connectivity index (χ4v) is 3.91. The molecule has 0 spiro atoms. The Morgan fingerprint density at radius 2 is 1.86 bits per heavy atom. The zero-order chi connectivity index (χ0) is 16.3. The number of anilines is 1. The van der Waals surface area contributed by atoms with Crippen LogP contribution in [-0.4, -0.2) is 34.6 Å². The molecule has 0 saturated heterocycles. The normalized spacial score (nSPS) is 12.5. The average molecular weight is 378 g/mol. The third kappa shape index (κ3) is 4.67. The lowest BCUT2D eigenvalue weighted by Gasteiger charge is -2.27. The first kappa shape index (κ1) is 18.4. The molecule has 21 heavy (non-hydrogen) atoms. The van der Waals surface area contributed by atoms with Crippen LogP contribution in [0.2, 0.25) is 0 Å². The number of nitrogens with one attached hydrogen (secondary N) is 1. The Hall–Kier alpha value is -0.630. The van der Waals surface area contributed by atoms with Gasteiger partial charge < -0.3 is 10.6 Å². The molecule has 120 valence electrons. The van der Waals surface area contributed by atoms with Gasteiger partial charge in [0, 0.05) is 36.3 Å². The van der Waals surface area contributed by atoms with Gasteiger partial charge in [0.1, 0.15) is 0 Å². The van der Waals surface area contributed by atoms with E-state index in [9.17, 15) is 8.42 Å². The predicted octanol–water partition coefficient (Wildman–Crippen LogP) is 2.31. The summed E-state index contributed by atoms with van der Waals surface area (Å²) in [4.78, 5) is 2.08. The van der Waals surface area contributed by atoms with E-state index >= 15 is 0 Å². The minimum atomic E-state index is -3.60. The van der Waals surface area contributed by atoms with E-state index in [0.29, 0.717) is 17.3 Å². The van der Waals surface area contributed by atoms with Gasteiger partial charge in [-0.05, 0) is 47.0 Å². The van der Waals surface area contributed by atoms with Gasteiger partial charge in [-0.2, -0.15) is 0 Å². The molecule has 0 radical (unpaired) electrons. The van der Waals surface area contributed by atoms with Gasteiger partial charge in [0.05, 0.1) is 4.90 Å². The van der Waals surface area contributed by atoms with Crippen molar-refractivity contribution in [3.8, 4) is 0 Å². The molecule has 0 amide bonds. The predicted molar refractivity (Wildman–Crippen MR) is 91.2 cm³/mol. The van der Waals surface area contributed by atoms with Crippen LogP contribution in [0, 0.1) is 0 Å². The SMILES string of the molecule is CCC(N)(CC)CNS(=O)(=O)c1cc(N(C)C)ccc1Br. The van der Waals surface area contributed by atoms with Crippen molar-refractivity contribution in [3.05, 3.63) is 22.7 Å². The van der Waals surface area contributed by atoms with Crippen LogP contribution in [0.1, 0.15) is 26.7 Å². The minimum absolute atomic E-state index is 0.223. The molecular weight excluding hydrogens is 354 g/mol. The van der Waals surface area contributed by atoms with E-state index in [4.69, 9.17) is 5.73 Å². The third-order valence-corrected chi connectivity index (χ3v) is 6.14. The summed E-state index contributed by atoms with van der Waals surface area (Å²) in [5, 5.41) is 0. The molecule has 7 heteroatoms. The number of hydrogen-bond donors (Lipinski definition) is 2. The molecule has 0 atom stereocenters. The molecule has 0 unspecified atom stereocenters. The zero-order valence-corrected chi connectivity index (χ0v) is 15.4. The second-order valence-electron chi connectivity index (χ2n) is 5.40. The lowest BCUT2D eigenvalue weighted by atomic mass is 9.95. The number of hydrogen-bond acceptors (Lipinski definition) is 4. The van der Waals surface area contributed by atoms with Crippen LogP contribution in [0.3, 0.4) is 0 Å². The van der Waals surface area contributed by atoms with Gasteiger partial charge in [-0.25, -0.2) is 13.1 Å². The van der Waals surface area contributed by atoms with Crippen molar-refractivity contribution in [1.29, 1.82) is 0 Å². The second kappa shape index (κ2) is 7.09. The summed E-state index contributed by atoms with van der Waals surface area (Å²) in [5.41, 5.74) is 6.46. The number of rotatable bonds is 7. The topological polar surface area (TPSA) is 75.4 Å². The molecule has 1 aromatic rings. The minimum Gasteiger partial charge on any atom is -0.378 e. The van der Waals surface area contributed by atoms with E-state index in [0.717, 1.165) is 5.69 Å². The standard InChI is InChI=1S/C14H24BrN3O2S/c1-5-14(16,6-2)10-17-21(19,20)13-9-11(18(3)4)7-8-12(13)15/h7-9,17H,5-6,10,16H2,1-4H3. The van der Waals surface area contributed by atoms with Gasteiger partial charge in [-0.15, -0.1) is 0 Å². The van der Waals surface area contributed by atoms with Crippen LogP contribution >= 0.6 is 15.9 Å². The molecule has 0 fully saturated rings. The van der Waals surface area contributed by atoms with Gasteiger partial charge >= 0.3 is 0 Å². The largest absolute Gasteiger partial charge is 0.378 e. The highest BCUT2D eigenvalue weighted by molar-refractivity contribution is 9.10. The van der Waals surface area contributed by atoms with Gasteiger partial charge in [0.25, 0.3) is 0 Å². The van der Waals surface area contributed by atoms with Crippen molar-refractivity contribution in [2.24, 2.45) is 5.73 Å². The summed E-state index contributed by atoms with van der Waals surface area (Å²) in [7, 11) is 0.131.